The van der Waals surface area contributed by atoms with Gasteiger partial charge in [-0.1, -0.05) is 12.1 Å². The van der Waals surface area contributed by atoms with E-state index in [1.807, 2.05) is 0 Å². The minimum atomic E-state index is -0.230. The van der Waals surface area contributed by atoms with Crippen molar-refractivity contribution in [1.82, 2.24) is 0 Å². The number of ketones is 1. The van der Waals surface area contributed by atoms with E-state index in [2.05, 4.69) is 0 Å². The molecule has 1 saturated heterocycles. The van der Waals surface area contributed by atoms with E-state index in [4.69, 9.17) is 0 Å². The molecule has 0 unspecified atom stereocenters. The van der Waals surface area contributed by atoms with Gasteiger partial charge in [-0.25, -0.2) is 4.90 Å². The molecule has 0 spiro atoms. The summed E-state index contributed by atoms with van der Waals surface area (Å²) in [5.74, 6) is 0.0588. The van der Waals surface area contributed by atoms with Crippen LogP contribution in [0, 0.1) is 0 Å². The summed E-state index contributed by atoms with van der Waals surface area (Å²) in [5, 5.41) is 0. The lowest BCUT2D eigenvalue weighted by molar-refractivity contribution is -0.124. The fourth-order valence-corrected chi connectivity index (χ4v) is 2.36. The number of Topliss-reactive ketones (excluding diaryl/α,β-unsaturated/α-hetero) is 1. The monoisotopic (exact) mass is 249 g/mol. The number of thioether (sulfide) groups is 1. The summed E-state index contributed by atoms with van der Waals surface area (Å²) >= 11 is 1.31. The Kier molecular flexibility index (Phi) is 3.28. The lowest BCUT2D eigenvalue weighted by atomic mass is 10.1. The van der Waals surface area contributed by atoms with Crippen LogP contribution in [-0.4, -0.2) is 29.1 Å². The minimum absolute atomic E-state index is 0.0851. The highest BCUT2D eigenvalue weighted by Crippen LogP contribution is 2.22. The number of nitrogens with zero attached hydrogens (tertiary/aromatic N) is 1. The van der Waals surface area contributed by atoms with Gasteiger partial charge in [-0.3, -0.25) is 14.4 Å². The maximum atomic E-state index is 11.7. The second-order valence-corrected chi connectivity index (χ2v) is 4.71. The van der Waals surface area contributed by atoms with Crippen LogP contribution in [0.1, 0.15) is 17.3 Å². The van der Waals surface area contributed by atoms with Crippen LogP contribution in [0.4, 0.5) is 5.69 Å². The Morgan fingerprint density at radius 1 is 1.24 bits per heavy atom. The van der Waals surface area contributed by atoms with Gasteiger partial charge in [0.2, 0.25) is 11.8 Å². The highest BCUT2D eigenvalue weighted by Gasteiger charge is 2.27. The quantitative estimate of drug-likeness (QED) is 0.588. The molecule has 1 aromatic rings. The van der Waals surface area contributed by atoms with Crippen molar-refractivity contribution in [3.8, 4) is 0 Å². The van der Waals surface area contributed by atoms with Crippen LogP contribution in [0.2, 0.25) is 0 Å². The predicted octanol–water partition coefficient (Wildman–Crippen LogP) is 1.50. The van der Waals surface area contributed by atoms with Gasteiger partial charge >= 0.3 is 0 Å². The second kappa shape index (κ2) is 4.71. The van der Waals surface area contributed by atoms with Crippen molar-refractivity contribution in [1.29, 1.82) is 0 Å². The molecule has 2 rings (SSSR count). The Hall–Kier alpha value is -1.62. The van der Waals surface area contributed by atoms with Crippen LogP contribution in [0.15, 0.2) is 24.3 Å². The van der Waals surface area contributed by atoms with E-state index in [1.54, 1.807) is 24.3 Å². The molecule has 88 valence electrons. The molecular weight excluding hydrogens is 238 g/mol. The molecule has 4 nitrogen and oxygen atoms in total. The second-order valence-electron chi connectivity index (χ2n) is 3.72. The fourth-order valence-electron chi connectivity index (χ4n) is 1.65. The first-order valence-electron chi connectivity index (χ1n) is 5.14. The molecule has 1 aliphatic rings. The van der Waals surface area contributed by atoms with E-state index in [1.165, 1.54) is 18.7 Å². The van der Waals surface area contributed by atoms with E-state index in [9.17, 15) is 14.4 Å². The van der Waals surface area contributed by atoms with Crippen molar-refractivity contribution in [2.75, 3.05) is 16.4 Å². The first-order valence-corrected chi connectivity index (χ1v) is 6.29. The Labute approximate surface area is 103 Å². The number of rotatable bonds is 2. The summed E-state index contributed by atoms with van der Waals surface area (Å²) < 4.78 is 0. The smallest absolute Gasteiger partial charge is 0.243 e. The largest absolute Gasteiger partial charge is 0.295 e. The molecule has 17 heavy (non-hydrogen) atoms. The molecule has 1 fully saturated rings. The van der Waals surface area contributed by atoms with Crippen LogP contribution < -0.4 is 4.90 Å². The van der Waals surface area contributed by atoms with Gasteiger partial charge in [-0.15, -0.1) is 11.8 Å². The highest BCUT2D eigenvalue weighted by molar-refractivity contribution is 8.00. The molecule has 0 saturated carbocycles. The number of hydrogen-bond donors (Lipinski definition) is 0. The number of carbonyl (C=O) groups is 3. The number of benzene rings is 1. The normalized spacial score (nSPS) is 16.2. The van der Waals surface area contributed by atoms with Crippen molar-refractivity contribution >= 4 is 35.0 Å². The Bertz CT molecular complexity index is 482. The van der Waals surface area contributed by atoms with E-state index >= 15 is 0 Å². The van der Waals surface area contributed by atoms with Crippen LogP contribution >= 0.6 is 11.8 Å². The summed E-state index contributed by atoms with van der Waals surface area (Å²) in [6.07, 6.45) is 0. The van der Waals surface area contributed by atoms with Crippen molar-refractivity contribution in [3.63, 3.8) is 0 Å². The molecule has 1 heterocycles. The maximum absolute atomic E-state index is 11.7. The molecule has 1 aromatic carbocycles. The van der Waals surface area contributed by atoms with Gasteiger partial charge in [-0.05, 0) is 19.1 Å². The van der Waals surface area contributed by atoms with Crippen LogP contribution in [-0.2, 0) is 9.59 Å². The first kappa shape index (κ1) is 11.9. The van der Waals surface area contributed by atoms with E-state index < -0.39 is 0 Å². The molecule has 0 radical (unpaired) electrons. The van der Waals surface area contributed by atoms with Gasteiger partial charge in [0.25, 0.3) is 0 Å². The Balaban J connectivity index is 2.38. The zero-order chi connectivity index (χ0) is 12.4. The number of carbonyl (C=O) groups excluding carboxylic acids is 3. The molecule has 0 bridgehead atoms. The zero-order valence-corrected chi connectivity index (χ0v) is 10.1. The number of hydrogen-bond acceptors (Lipinski definition) is 4. The van der Waals surface area contributed by atoms with Gasteiger partial charge in [0.1, 0.15) is 0 Å². The summed E-state index contributed by atoms with van der Waals surface area (Å²) in [6.45, 7) is 1.45. The third-order valence-electron chi connectivity index (χ3n) is 2.46. The summed E-state index contributed by atoms with van der Waals surface area (Å²) in [5.41, 5.74) is 0.981. The maximum Gasteiger partial charge on any atom is 0.243 e. The molecule has 1 aliphatic heterocycles. The summed E-state index contributed by atoms with van der Waals surface area (Å²) in [4.78, 5) is 35.8. The Morgan fingerprint density at radius 3 is 2.47 bits per heavy atom. The van der Waals surface area contributed by atoms with E-state index in [-0.39, 0.29) is 17.6 Å². The van der Waals surface area contributed by atoms with Crippen molar-refractivity contribution in [2.45, 2.75) is 6.92 Å². The van der Waals surface area contributed by atoms with Crippen molar-refractivity contribution in [2.24, 2.45) is 0 Å². The van der Waals surface area contributed by atoms with Crippen LogP contribution in [0.25, 0.3) is 0 Å². The van der Waals surface area contributed by atoms with Crippen LogP contribution in [0.5, 0.6) is 0 Å². The molecule has 0 N–H and O–H groups in total. The molecular formula is C12H11NO3S. The van der Waals surface area contributed by atoms with Gasteiger partial charge in [0.15, 0.2) is 5.78 Å². The fraction of sp³-hybridized carbons (Fsp3) is 0.250. The summed E-state index contributed by atoms with van der Waals surface area (Å²) in [7, 11) is 0. The van der Waals surface area contributed by atoms with E-state index in [0.717, 1.165) is 4.90 Å². The van der Waals surface area contributed by atoms with Crippen LogP contribution in [0.3, 0.4) is 0 Å². The lowest BCUT2D eigenvalue weighted by Crippen LogP contribution is -2.43. The number of amides is 2. The summed E-state index contributed by atoms with van der Waals surface area (Å²) in [6, 6.07) is 6.58. The highest BCUT2D eigenvalue weighted by atomic mass is 32.2. The zero-order valence-electron chi connectivity index (χ0n) is 9.30. The van der Waals surface area contributed by atoms with Gasteiger partial charge in [0.05, 0.1) is 17.2 Å². The average Bonchev–Trinajstić information content (AvgIpc) is 2.29. The topological polar surface area (TPSA) is 54.5 Å². The SMILES string of the molecule is CC(=O)c1cccc(N2C(=O)CSCC2=O)c1. The average molecular weight is 249 g/mol. The molecule has 0 atom stereocenters. The number of anilines is 1. The Morgan fingerprint density at radius 2 is 1.88 bits per heavy atom. The minimum Gasteiger partial charge on any atom is -0.295 e. The van der Waals surface area contributed by atoms with Gasteiger partial charge in [-0.2, -0.15) is 0 Å². The van der Waals surface area contributed by atoms with Gasteiger partial charge < -0.3 is 0 Å². The number of imide groups is 1. The van der Waals surface area contributed by atoms with Crippen molar-refractivity contribution in [3.05, 3.63) is 29.8 Å². The van der Waals surface area contributed by atoms with Crippen molar-refractivity contribution < 1.29 is 14.4 Å². The van der Waals surface area contributed by atoms with Gasteiger partial charge in [0, 0.05) is 5.56 Å². The molecule has 2 amide bonds. The predicted molar refractivity (Wildman–Crippen MR) is 66.3 cm³/mol. The standard InChI is InChI=1S/C12H11NO3S/c1-8(14)9-3-2-4-10(5-9)13-11(15)6-17-7-12(13)16/h2-5H,6-7H2,1H3. The molecule has 0 aromatic heterocycles. The first-order chi connectivity index (χ1) is 8.09. The third kappa shape index (κ3) is 2.39. The third-order valence-corrected chi connectivity index (χ3v) is 3.36. The molecule has 0 aliphatic carbocycles. The molecule has 5 heteroatoms. The van der Waals surface area contributed by atoms with E-state index in [0.29, 0.717) is 22.8 Å². The lowest BCUT2D eigenvalue weighted by Gasteiger charge is -2.24.